The zero-order valence-corrected chi connectivity index (χ0v) is 17.0. The first kappa shape index (κ1) is 19.0. The highest BCUT2D eigenvalue weighted by molar-refractivity contribution is 9.10. The van der Waals surface area contributed by atoms with Crippen LogP contribution in [-0.4, -0.2) is 26.8 Å². The Morgan fingerprint density at radius 3 is 2.38 bits per heavy atom. The lowest BCUT2D eigenvalue weighted by molar-refractivity contribution is -0.132. The molecule has 1 atom stereocenters. The maximum Gasteiger partial charge on any atom is 0.302 e. The lowest BCUT2D eigenvalue weighted by atomic mass is 9.95. The molecule has 0 spiro atoms. The molecular weight excluding hydrogens is 434 g/mol. The number of halogens is 1. The largest absolute Gasteiger partial charge is 0.507 e. The maximum atomic E-state index is 13.0. The van der Waals surface area contributed by atoms with Gasteiger partial charge >= 0.3 is 5.91 Å². The lowest BCUT2D eigenvalue weighted by Gasteiger charge is -2.23. The Morgan fingerprint density at radius 2 is 1.72 bits per heavy atom. The van der Waals surface area contributed by atoms with Crippen LogP contribution >= 0.6 is 15.9 Å². The van der Waals surface area contributed by atoms with Crippen molar-refractivity contribution in [2.24, 2.45) is 0 Å². The van der Waals surface area contributed by atoms with Crippen molar-refractivity contribution in [1.29, 1.82) is 0 Å². The van der Waals surface area contributed by atoms with Crippen LogP contribution in [0.15, 0.2) is 77.0 Å². The Balaban J connectivity index is 1.95. The number of Topliss-reactive ketones (excluding diaryl/α,β-unsaturated/α-hetero) is 1. The van der Waals surface area contributed by atoms with Crippen LogP contribution in [0, 0.1) is 6.92 Å². The molecular formula is C22H16BrN3O3. The van der Waals surface area contributed by atoms with Crippen LogP contribution < -0.4 is 4.90 Å². The van der Waals surface area contributed by atoms with Gasteiger partial charge in [0.1, 0.15) is 5.76 Å². The molecule has 1 saturated heterocycles. The van der Waals surface area contributed by atoms with Gasteiger partial charge in [0, 0.05) is 22.4 Å². The van der Waals surface area contributed by atoms with Gasteiger partial charge in [-0.1, -0.05) is 57.9 Å². The molecule has 1 aliphatic rings. The number of rotatable bonds is 3. The molecule has 1 amide bonds. The van der Waals surface area contributed by atoms with Crippen molar-refractivity contribution < 1.29 is 14.7 Å². The normalized spacial score (nSPS) is 18.3. The Morgan fingerprint density at radius 1 is 1.03 bits per heavy atom. The predicted molar refractivity (Wildman–Crippen MR) is 112 cm³/mol. The number of aromatic nitrogens is 2. The Bertz CT molecular complexity index is 1130. The summed E-state index contributed by atoms with van der Waals surface area (Å²) >= 11 is 3.43. The van der Waals surface area contributed by atoms with E-state index in [1.54, 1.807) is 36.4 Å². The second-order valence-electron chi connectivity index (χ2n) is 6.64. The summed E-state index contributed by atoms with van der Waals surface area (Å²) in [7, 11) is 0. The number of aryl methyl sites for hydroxylation is 1. The van der Waals surface area contributed by atoms with Gasteiger partial charge in [0.05, 0.1) is 11.6 Å². The van der Waals surface area contributed by atoms with Crippen molar-refractivity contribution >= 4 is 39.3 Å². The van der Waals surface area contributed by atoms with Gasteiger partial charge in [0.15, 0.2) is 0 Å². The molecule has 1 aromatic heterocycles. The van der Waals surface area contributed by atoms with Crippen LogP contribution in [0.3, 0.4) is 0 Å². The SMILES string of the molecule is Cc1ccc(/C(O)=C2\C(=O)C(=O)N(c3ncccn3)[C@H]2c2cccc(Br)c2)cc1. The average Bonchev–Trinajstić information content (AvgIpc) is 2.99. The number of carbonyl (C=O) groups excluding carboxylic acids is 2. The minimum Gasteiger partial charge on any atom is -0.507 e. The summed E-state index contributed by atoms with van der Waals surface area (Å²) in [5.74, 6) is -1.69. The second-order valence-corrected chi connectivity index (χ2v) is 7.55. The standard InChI is InChI=1S/C22H16BrN3O3/c1-13-6-8-14(9-7-13)19(27)17-18(15-4-2-5-16(23)12-15)26(21(29)20(17)28)22-24-10-3-11-25-22/h2-12,18,27H,1H3/b19-17+/t18-/m0/s1. The minimum absolute atomic E-state index is 0.00408. The monoisotopic (exact) mass is 449 g/mol. The first-order valence-corrected chi connectivity index (χ1v) is 9.67. The highest BCUT2D eigenvalue weighted by Crippen LogP contribution is 2.41. The zero-order chi connectivity index (χ0) is 20.5. The summed E-state index contributed by atoms with van der Waals surface area (Å²) in [5, 5.41) is 11.0. The van der Waals surface area contributed by atoms with Gasteiger partial charge < -0.3 is 5.11 Å². The highest BCUT2D eigenvalue weighted by Gasteiger charge is 2.48. The molecule has 1 aliphatic heterocycles. The summed E-state index contributed by atoms with van der Waals surface area (Å²) < 4.78 is 0.782. The molecule has 7 heteroatoms. The fraction of sp³-hybridized carbons (Fsp3) is 0.0909. The van der Waals surface area contributed by atoms with Crippen LogP contribution in [0.1, 0.15) is 22.7 Å². The third-order valence-corrected chi connectivity index (χ3v) is 5.19. The number of nitrogens with zero attached hydrogens (tertiary/aromatic N) is 3. The van der Waals surface area contributed by atoms with E-state index in [9.17, 15) is 14.7 Å². The van der Waals surface area contributed by atoms with Gasteiger partial charge in [0.2, 0.25) is 5.95 Å². The van der Waals surface area contributed by atoms with E-state index in [2.05, 4.69) is 25.9 Å². The van der Waals surface area contributed by atoms with Crippen LogP contribution in [0.2, 0.25) is 0 Å². The summed E-state index contributed by atoms with van der Waals surface area (Å²) in [6.07, 6.45) is 3.00. The minimum atomic E-state index is -0.851. The Labute approximate surface area is 175 Å². The molecule has 0 saturated carbocycles. The molecule has 2 aromatic carbocycles. The quantitative estimate of drug-likeness (QED) is 0.368. The van der Waals surface area contributed by atoms with E-state index in [0.29, 0.717) is 11.1 Å². The van der Waals surface area contributed by atoms with Gasteiger partial charge in [0.25, 0.3) is 5.78 Å². The van der Waals surface area contributed by atoms with Gasteiger partial charge in [-0.05, 0) is 30.7 Å². The maximum absolute atomic E-state index is 13.0. The fourth-order valence-electron chi connectivity index (χ4n) is 3.31. The van der Waals surface area contributed by atoms with E-state index >= 15 is 0 Å². The molecule has 0 radical (unpaired) electrons. The third-order valence-electron chi connectivity index (χ3n) is 4.70. The zero-order valence-electron chi connectivity index (χ0n) is 15.4. The van der Waals surface area contributed by atoms with E-state index in [4.69, 9.17) is 0 Å². The Kier molecular flexibility index (Phi) is 4.98. The van der Waals surface area contributed by atoms with Crippen molar-refractivity contribution in [2.45, 2.75) is 13.0 Å². The Hall–Kier alpha value is -3.32. The molecule has 1 N–H and O–H groups in total. The molecule has 0 unspecified atom stereocenters. The van der Waals surface area contributed by atoms with E-state index < -0.39 is 17.7 Å². The number of aliphatic hydroxyl groups is 1. The summed E-state index contributed by atoms with van der Waals surface area (Å²) in [6.45, 7) is 1.93. The number of hydrogen-bond acceptors (Lipinski definition) is 5. The fourth-order valence-corrected chi connectivity index (χ4v) is 3.73. The topological polar surface area (TPSA) is 83.4 Å². The van der Waals surface area contributed by atoms with E-state index in [0.717, 1.165) is 10.0 Å². The van der Waals surface area contributed by atoms with Crippen LogP contribution in [0.25, 0.3) is 5.76 Å². The van der Waals surface area contributed by atoms with Crippen molar-refractivity contribution in [3.05, 3.63) is 93.7 Å². The first-order valence-electron chi connectivity index (χ1n) is 8.88. The van der Waals surface area contributed by atoms with E-state index in [1.807, 2.05) is 25.1 Å². The number of benzene rings is 2. The van der Waals surface area contributed by atoms with Gasteiger partial charge in [-0.3, -0.25) is 14.5 Å². The van der Waals surface area contributed by atoms with Gasteiger partial charge in [-0.15, -0.1) is 0 Å². The molecule has 1 fully saturated rings. The lowest BCUT2D eigenvalue weighted by Crippen LogP contribution is -2.31. The summed E-state index contributed by atoms with van der Waals surface area (Å²) in [4.78, 5) is 35.4. The second kappa shape index (κ2) is 7.60. The number of carbonyl (C=O) groups is 2. The summed E-state index contributed by atoms with van der Waals surface area (Å²) in [5.41, 5.74) is 2.13. The van der Waals surface area contributed by atoms with Crippen molar-refractivity contribution in [3.63, 3.8) is 0 Å². The van der Waals surface area contributed by atoms with E-state index in [1.165, 1.54) is 17.3 Å². The molecule has 0 aliphatic carbocycles. The van der Waals surface area contributed by atoms with Crippen LogP contribution in [0.4, 0.5) is 5.95 Å². The summed E-state index contributed by atoms with van der Waals surface area (Å²) in [6, 6.07) is 15.1. The van der Waals surface area contributed by atoms with Crippen LogP contribution in [0.5, 0.6) is 0 Å². The van der Waals surface area contributed by atoms with Gasteiger partial charge in [-0.25, -0.2) is 9.97 Å². The van der Waals surface area contributed by atoms with Gasteiger partial charge in [-0.2, -0.15) is 0 Å². The number of ketones is 1. The van der Waals surface area contributed by atoms with Crippen molar-refractivity contribution in [3.8, 4) is 0 Å². The van der Waals surface area contributed by atoms with Crippen molar-refractivity contribution in [1.82, 2.24) is 9.97 Å². The van der Waals surface area contributed by atoms with E-state index in [-0.39, 0.29) is 17.3 Å². The molecule has 2 heterocycles. The van der Waals surface area contributed by atoms with Crippen LogP contribution in [-0.2, 0) is 9.59 Å². The number of hydrogen-bond donors (Lipinski definition) is 1. The average molecular weight is 450 g/mol. The first-order chi connectivity index (χ1) is 14.0. The molecule has 4 rings (SSSR count). The predicted octanol–water partition coefficient (Wildman–Crippen LogP) is 4.17. The highest BCUT2D eigenvalue weighted by atomic mass is 79.9. The van der Waals surface area contributed by atoms with Crippen molar-refractivity contribution in [2.75, 3.05) is 4.90 Å². The number of amides is 1. The molecule has 0 bridgehead atoms. The molecule has 144 valence electrons. The molecule has 29 heavy (non-hydrogen) atoms. The number of anilines is 1. The third kappa shape index (κ3) is 3.45. The smallest absolute Gasteiger partial charge is 0.302 e. The molecule has 3 aromatic rings. The number of aliphatic hydroxyl groups excluding tert-OH is 1. The molecule has 6 nitrogen and oxygen atoms in total.